The molecule has 3 atom stereocenters. The van der Waals surface area contributed by atoms with Crippen molar-refractivity contribution >= 4 is 6.29 Å². The highest BCUT2D eigenvalue weighted by molar-refractivity contribution is 5.73. The first-order chi connectivity index (χ1) is 8.00. The molecule has 1 saturated carbocycles. The van der Waals surface area contributed by atoms with E-state index in [1.54, 1.807) is 0 Å². The van der Waals surface area contributed by atoms with Crippen molar-refractivity contribution in [3.63, 3.8) is 0 Å². The second kappa shape index (κ2) is 3.23. The molecule has 3 aliphatic rings. The average Bonchev–Trinajstić information content (AvgIpc) is 2.95. The van der Waals surface area contributed by atoms with Gasteiger partial charge in [0.1, 0.15) is 17.5 Å². The van der Waals surface area contributed by atoms with Gasteiger partial charge in [0.05, 0.1) is 0 Å². The van der Waals surface area contributed by atoms with Gasteiger partial charge in [-0.3, -0.25) is 4.79 Å². The number of hydrogen-bond donors (Lipinski definition) is 0. The lowest BCUT2D eigenvalue weighted by atomic mass is 9.71. The Bertz CT molecular complexity index is 398. The van der Waals surface area contributed by atoms with Crippen LogP contribution in [0.4, 0.5) is 0 Å². The molecule has 1 spiro atoms. The van der Waals surface area contributed by atoms with Gasteiger partial charge in [0.2, 0.25) is 0 Å². The second-order valence-electron chi connectivity index (χ2n) is 6.63. The molecule has 0 aromatic rings. The van der Waals surface area contributed by atoms with Crippen LogP contribution in [0.1, 0.15) is 52.9 Å². The maximum absolute atomic E-state index is 11.0. The molecule has 0 N–H and O–H groups in total. The van der Waals surface area contributed by atoms with Crippen molar-refractivity contribution in [1.29, 1.82) is 0 Å². The fourth-order valence-electron chi connectivity index (χ4n) is 4.43. The molecule has 3 unspecified atom stereocenters. The zero-order chi connectivity index (χ0) is 12.3. The highest BCUT2D eigenvalue weighted by atomic mass is 16.6. The third kappa shape index (κ3) is 1.17. The molecule has 2 fully saturated rings. The van der Waals surface area contributed by atoms with Crippen LogP contribution >= 0.6 is 0 Å². The van der Waals surface area contributed by atoms with Crippen molar-refractivity contribution in [3.05, 3.63) is 11.6 Å². The summed E-state index contributed by atoms with van der Waals surface area (Å²) >= 11 is 0. The van der Waals surface area contributed by atoms with Crippen LogP contribution in [-0.2, 0) is 9.53 Å². The van der Waals surface area contributed by atoms with Crippen LogP contribution in [0.3, 0.4) is 0 Å². The molecule has 94 valence electrons. The largest absolute Gasteiger partial charge is 0.362 e. The Morgan fingerprint density at radius 3 is 2.71 bits per heavy atom. The second-order valence-corrected chi connectivity index (χ2v) is 6.63. The highest BCUT2D eigenvalue weighted by Gasteiger charge is 2.80. The van der Waals surface area contributed by atoms with Gasteiger partial charge in [-0.1, -0.05) is 26.8 Å². The minimum absolute atomic E-state index is 0.0649. The SMILES string of the molecule is CC(C)C12CCC3(C)CC=C(C=O)CCC31O2. The molecule has 0 aromatic heterocycles. The van der Waals surface area contributed by atoms with Crippen molar-refractivity contribution in [2.24, 2.45) is 11.3 Å². The zero-order valence-electron chi connectivity index (χ0n) is 11.1. The fourth-order valence-corrected chi connectivity index (χ4v) is 4.43. The van der Waals surface area contributed by atoms with Gasteiger partial charge >= 0.3 is 0 Å². The summed E-state index contributed by atoms with van der Waals surface area (Å²) < 4.78 is 6.32. The normalized spacial score (nSPS) is 48.1. The van der Waals surface area contributed by atoms with Gasteiger partial charge in [-0.05, 0) is 43.6 Å². The fraction of sp³-hybridized carbons (Fsp3) is 0.800. The quantitative estimate of drug-likeness (QED) is 0.542. The summed E-state index contributed by atoms with van der Waals surface area (Å²) in [5.41, 5.74) is 1.41. The molecule has 2 nitrogen and oxygen atoms in total. The lowest BCUT2D eigenvalue weighted by molar-refractivity contribution is -0.105. The maximum Gasteiger partial charge on any atom is 0.145 e. The first-order valence-electron chi connectivity index (χ1n) is 6.84. The predicted molar refractivity (Wildman–Crippen MR) is 66.7 cm³/mol. The number of rotatable bonds is 2. The van der Waals surface area contributed by atoms with Crippen molar-refractivity contribution < 1.29 is 9.53 Å². The van der Waals surface area contributed by atoms with E-state index in [2.05, 4.69) is 26.8 Å². The predicted octanol–water partition coefficient (Wildman–Crippen LogP) is 3.26. The first-order valence-corrected chi connectivity index (χ1v) is 6.84. The van der Waals surface area contributed by atoms with E-state index >= 15 is 0 Å². The first kappa shape index (κ1) is 11.5. The summed E-state index contributed by atoms with van der Waals surface area (Å²) in [6.07, 6.45) is 8.56. The van der Waals surface area contributed by atoms with Crippen LogP contribution in [-0.4, -0.2) is 17.5 Å². The minimum atomic E-state index is 0.0649. The number of hydrogen-bond acceptors (Lipinski definition) is 2. The van der Waals surface area contributed by atoms with Crippen molar-refractivity contribution in [3.8, 4) is 0 Å². The Morgan fingerprint density at radius 1 is 1.35 bits per heavy atom. The summed E-state index contributed by atoms with van der Waals surface area (Å²) in [7, 11) is 0. The number of epoxide rings is 1. The van der Waals surface area contributed by atoms with Gasteiger partial charge in [-0.25, -0.2) is 0 Å². The van der Waals surface area contributed by atoms with E-state index in [-0.39, 0.29) is 16.6 Å². The number of carbonyl (C=O) groups excluding carboxylic acids is 1. The van der Waals surface area contributed by atoms with Gasteiger partial charge in [0, 0.05) is 5.41 Å². The number of ether oxygens (including phenoxy) is 1. The zero-order valence-corrected chi connectivity index (χ0v) is 11.1. The maximum atomic E-state index is 11.0. The number of aldehydes is 1. The van der Waals surface area contributed by atoms with E-state index in [1.807, 2.05) is 0 Å². The molecule has 0 bridgehead atoms. The van der Waals surface area contributed by atoms with Crippen molar-refractivity contribution in [2.45, 2.75) is 64.1 Å². The third-order valence-electron chi connectivity index (χ3n) is 5.69. The van der Waals surface area contributed by atoms with Gasteiger partial charge in [-0.2, -0.15) is 0 Å². The molecule has 0 aromatic carbocycles. The van der Waals surface area contributed by atoms with Crippen molar-refractivity contribution in [2.75, 3.05) is 0 Å². The minimum Gasteiger partial charge on any atom is -0.362 e. The van der Waals surface area contributed by atoms with Gasteiger partial charge in [0.25, 0.3) is 0 Å². The van der Waals surface area contributed by atoms with E-state index in [9.17, 15) is 4.79 Å². The van der Waals surface area contributed by atoms with Gasteiger partial charge in [-0.15, -0.1) is 0 Å². The summed E-state index contributed by atoms with van der Waals surface area (Å²) in [5.74, 6) is 0.585. The lowest BCUT2D eigenvalue weighted by Gasteiger charge is -2.30. The summed E-state index contributed by atoms with van der Waals surface area (Å²) in [5, 5.41) is 0. The Kier molecular flexibility index (Phi) is 2.17. The third-order valence-corrected chi connectivity index (χ3v) is 5.69. The van der Waals surface area contributed by atoms with Crippen LogP contribution in [0.15, 0.2) is 11.6 Å². The molecule has 2 aliphatic carbocycles. The average molecular weight is 234 g/mol. The molecule has 2 heteroatoms. The molecule has 1 heterocycles. The summed E-state index contributed by atoms with van der Waals surface area (Å²) in [6.45, 7) is 6.91. The Balaban J connectivity index is 1.96. The van der Waals surface area contributed by atoms with E-state index in [1.165, 1.54) is 12.8 Å². The molecular weight excluding hydrogens is 212 g/mol. The Hall–Kier alpha value is -0.630. The number of allylic oxidation sites excluding steroid dienone is 2. The summed E-state index contributed by atoms with van der Waals surface area (Å²) in [4.78, 5) is 11.0. The molecule has 3 rings (SSSR count). The molecule has 17 heavy (non-hydrogen) atoms. The monoisotopic (exact) mass is 234 g/mol. The van der Waals surface area contributed by atoms with Crippen LogP contribution in [0, 0.1) is 11.3 Å². The summed E-state index contributed by atoms with van der Waals surface area (Å²) in [6, 6.07) is 0. The molecule has 0 radical (unpaired) electrons. The van der Waals surface area contributed by atoms with E-state index in [0.717, 1.165) is 31.1 Å². The smallest absolute Gasteiger partial charge is 0.145 e. The van der Waals surface area contributed by atoms with E-state index in [0.29, 0.717) is 5.92 Å². The molecule has 0 amide bonds. The molecule has 1 saturated heterocycles. The Morgan fingerprint density at radius 2 is 2.12 bits per heavy atom. The van der Waals surface area contributed by atoms with Crippen molar-refractivity contribution in [1.82, 2.24) is 0 Å². The van der Waals surface area contributed by atoms with Crippen LogP contribution in [0.25, 0.3) is 0 Å². The Labute approximate surface area is 103 Å². The highest BCUT2D eigenvalue weighted by Crippen LogP contribution is 2.74. The van der Waals surface area contributed by atoms with Crippen LogP contribution in [0.2, 0.25) is 0 Å². The van der Waals surface area contributed by atoms with Gasteiger partial charge in [0.15, 0.2) is 0 Å². The van der Waals surface area contributed by atoms with E-state index in [4.69, 9.17) is 4.74 Å². The van der Waals surface area contributed by atoms with Crippen LogP contribution < -0.4 is 0 Å². The topological polar surface area (TPSA) is 29.6 Å². The van der Waals surface area contributed by atoms with Crippen LogP contribution in [0.5, 0.6) is 0 Å². The lowest BCUT2D eigenvalue weighted by Crippen LogP contribution is -2.36. The van der Waals surface area contributed by atoms with Gasteiger partial charge < -0.3 is 4.74 Å². The number of carbonyl (C=O) groups is 1. The standard InChI is InChI=1S/C15H22O2/c1-11(2)14-9-8-13(3)6-4-12(10-16)5-7-15(13,14)17-14/h4,10-11H,5-9H2,1-3H3. The molecule has 1 aliphatic heterocycles. The molecular formula is C15H22O2. The van der Waals surface area contributed by atoms with E-state index < -0.39 is 0 Å².